The SMILES string of the molecule is NC(CC1CC1)C1Cc2ccccc2O1. The second kappa shape index (κ2) is 3.53. The minimum absolute atomic E-state index is 0.211. The first-order chi connectivity index (χ1) is 7.33. The van der Waals surface area contributed by atoms with Gasteiger partial charge in [0.1, 0.15) is 11.9 Å². The van der Waals surface area contributed by atoms with Crippen molar-refractivity contribution in [3.63, 3.8) is 0 Å². The van der Waals surface area contributed by atoms with E-state index in [1.165, 1.54) is 18.4 Å². The highest BCUT2D eigenvalue weighted by atomic mass is 16.5. The lowest BCUT2D eigenvalue weighted by molar-refractivity contribution is 0.190. The molecule has 1 heterocycles. The fraction of sp³-hybridized carbons (Fsp3) is 0.538. The van der Waals surface area contributed by atoms with Gasteiger partial charge >= 0.3 is 0 Å². The number of rotatable bonds is 3. The van der Waals surface area contributed by atoms with Gasteiger partial charge in [-0.3, -0.25) is 0 Å². The summed E-state index contributed by atoms with van der Waals surface area (Å²) >= 11 is 0. The maximum atomic E-state index is 6.17. The Hall–Kier alpha value is -1.02. The minimum Gasteiger partial charge on any atom is -0.488 e. The molecule has 2 nitrogen and oxygen atoms in total. The van der Waals surface area contributed by atoms with Crippen molar-refractivity contribution in [1.82, 2.24) is 0 Å². The molecule has 0 saturated heterocycles. The van der Waals surface area contributed by atoms with Gasteiger partial charge in [0.15, 0.2) is 0 Å². The summed E-state index contributed by atoms with van der Waals surface area (Å²) in [4.78, 5) is 0. The molecule has 0 spiro atoms. The zero-order valence-corrected chi connectivity index (χ0v) is 8.86. The molecule has 0 aromatic heterocycles. The fourth-order valence-electron chi connectivity index (χ4n) is 2.34. The fourth-order valence-corrected chi connectivity index (χ4v) is 2.34. The lowest BCUT2D eigenvalue weighted by Crippen LogP contribution is -2.38. The van der Waals surface area contributed by atoms with E-state index < -0.39 is 0 Å². The highest BCUT2D eigenvalue weighted by molar-refractivity contribution is 5.37. The van der Waals surface area contributed by atoms with Gasteiger partial charge < -0.3 is 10.5 Å². The van der Waals surface area contributed by atoms with Gasteiger partial charge in [-0.15, -0.1) is 0 Å². The zero-order valence-electron chi connectivity index (χ0n) is 8.86. The Kier molecular flexibility index (Phi) is 2.17. The Morgan fingerprint density at radius 1 is 1.33 bits per heavy atom. The number of benzene rings is 1. The van der Waals surface area contributed by atoms with E-state index in [0.29, 0.717) is 0 Å². The van der Waals surface area contributed by atoms with E-state index >= 15 is 0 Å². The van der Waals surface area contributed by atoms with Crippen molar-refractivity contribution < 1.29 is 4.74 Å². The summed E-state index contributed by atoms with van der Waals surface area (Å²) < 4.78 is 5.87. The Balaban J connectivity index is 1.66. The summed E-state index contributed by atoms with van der Waals surface area (Å²) in [7, 11) is 0. The third kappa shape index (κ3) is 1.86. The Bertz CT molecular complexity index is 334. The van der Waals surface area contributed by atoms with Crippen molar-refractivity contribution in [3.8, 4) is 5.75 Å². The monoisotopic (exact) mass is 203 g/mol. The van der Waals surface area contributed by atoms with Crippen LogP contribution < -0.4 is 10.5 Å². The van der Waals surface area contributed by atoms with Crippen LogP contribution >= 0.6 is 0 Å². The third-order valence-corrected chi connectivity index (χ3v) is 3.45. The van der Waals surface area contributed by atoms with Crippen molar-refractivity contribution in [2.24, 2.45) is 11.7 Å². The summed E-state index contributed by atoms with van der Waals surface area (Å²) in [6.07, 6.45) is 5.08. The lowest BCUT2D eigenvalue weighted by Gasteiger charge is -2.18. The van der Waals surface area contributed by atoms with Gasteiger partial charge in [-0.05, 0) is 24.0 Å². The first-order valence-electron chi connectivity index (χ1n) is 5.83. The number of nitrogens with two attached hydrogens (primary N) is 1. The number of para-hydroxylation sites is 1. The van der Waals surface area contributed by atoms with E-state index in [-0.39, 0.29) is 12.1 Å². The van der Waals surface area contributed by atoms with Crippen molar-refractivity contribution in [1.29, 1.82) is 0 Å². The standard InChI is InChI=1S/C13H17NO/c14-11(7-9-5-6-9)13-8-10-3-1-2-4-12(10)15-13/h1-4,9,11,13H,5-8,14H2. The van der Waals surface area contributed by atoms with Crippen LogP contribution in [0, 0.1) is 5.92 Å². The number of hydrogen-bond donors (Lipinski definition) is 1. The smallest absolute Gasteiger partial charge is 0.123 e. The quantitative estimate of drug-likeness (QED) is 0.816. The molecule has 3 rings (SSSR count). The Labute approximate surface area is 90.4 Å². The summed E-state index contributed by atoms with van der Waals surface area (Å²) in [6.45, 7) is 0. The summed E-state index contributed by atoms with van der Waals surface area (Å²) in [5.74, 6) is 1.92. The van der Waals surface area contributed by atoms with E-state index in [0.717, 1.165) is 24.5 Å². The number of hydrogen-bond acceptors (Lipinski definition) is 2. The summed E-state index contributed by atoms with van der Waals surface area (Å²) in [5, 5.41) is 0. The molecule has 1 fully saturated rings. The van der Waals surface area contributed by atoms with Gasteiger partial charge in [0.2, 0.25) is 0 Å². The molecule has 0 radical (unpaired) electrons. The molecule has 2 unspecified atom stereocenters. The van der Waals surface area contributed by atoms with Crippen LogP contribution in [-0.2, 0) is 6.42 Å². The third-order valence-electron chi connectivity index (χ3n) is 3.45. The molecular weight excluding hydrogens is 186 g/mol. The molecular formula is C13H17NO. The van der Waals surface area contributed by atoms with Crippen LogP contribution in [-0.4, -0.2) is 12.1 Å². The lowest BCUT2D eigenvalue weighted by atomic mass is 10.0. The van der Waals surface area contributed by atoms with Crippen molar-refractivity contribution in [2.75, 3.05) is 0 Å². The summed E-state index contributed by atoms with van der Waals surface area (Å²) in [5.41, 5.74) is 7.49. The van der Waals surface area contributed by atoms with Crippen LogP contribution in [0.1, 0.15) is 24.8 Å². The van der Waals surface area contributed by atoms with E-state index in [1.54, 1.807) is 0 Å². The normalized spacial score (nSPS) is 25.8. The molecule has 15 heavy (non-hydrogen) atoms. The van der Waals surface area contributed by atoms with Gasteiger partial charge in [-0.1, -0.05) is 31.0 Å². The van der Waals surface area contributed by atoms with E-state index in [4.69, 9.17) is 10.5 Å². The highest BCUT2D eigenvalue weighted by Gasteiger charge is 2.32. The van der Waals surface area contributed by atoms with Crippen LogP contribution in [0.4, 0.5) is 0 Å². The van der Waals surface area contributed by atoms with Crippen molar-refractivity contribution in [3.05, 3.63) is 29.8 Å². The molecule has 1 aliphatic heterocycles. The summed E-state index contributed by atoms with van der Waals surface area (Å²) in [6, 6.07) is 8.48. The van der Waals surface area contributed by atoms with Crippen LogP contribution in [0.25, 0.3) is 0 Å². The van der Waals surface area contributed by atoms with E-state index in [2.05, 4.69) is 12.1 Å². The molecule has 1 aromatic rings. The Morgan fingerprint density at radius 3 is 2.87 bits per heavy atom. The Morgan fingerprint density at radius 2 is 2.13 bits per heavy atom. The predicted molar refractivity (Wildman–Crippen MR) is 59.9 cm³/mol. The second-order valence-corrected chi connectivity index (χ2v) is 4.81. The van der Waals surface area contributed by atoms with Crippen molar-refractivity contribution >= 4 is 0 Å². The van der Waals surface area contributed by atoms with Crippen molar-refractivity contribution in [2.45, 2.75) is 37.8 Å². The first kappa shape index (κ1) is 9.22. The average molecular weight is 203 g/mol. The van der Waals surface area contributed by atoms with Gasteiger partial charge in [0.25, 0.3) is 0 Å². The van der Waals surface area contributed by atoms with Gasteiger partial charge in [-0.25, -0.2) is 0 Å². The maximum Gasteiger partial charge on any atom is 0.123 e. The van der Waals surface area contributed by atoms with Crippen LogP contribution in [0.5, 0.6) is 5.75 Å². The molecule has 2 heteroatoms. The molecule has 2 aliphatic rings. The van der Waals surface area contributed by atoms with Gasteiger partial charge in [-0.2, -0.15) is 0 Å². The molecule has 2 N–H and O–H groups in total. The number of fused-ring (bicyclic) bond motifs is 1. The minimum atomic E-state index is 0.211. The largest absolute Gasteiger partial charge is 0.488 e. The first-order valence-corrected chi connectivity index (χ1v) is 5.83. The molecule has 0 bridgehead atoms. The van der Waals surface area contributed by atoms with Gasteiger partial charge in [0.05, 0.1) is 0 Å². The molecule has 80 valence electrons. The zero-order chi connectivity index (χ0) is 10.3. The molecule has 1 aromatic carbocycles. The van der Waals surface area contributed by atoms with Crippen LogP contribution in [0.2, 0.25) is 0 Å². The molecule has 0 amide bonds. The average Bonchev–Trinajstić information content (AvgIpc) is 2.95. The van der Waals surface area contributed by atoms with Gasteiger partial charge in [0, 0.05) is 12.5 Å². The van der Waals surface area contributed by atoms with E-state index in [1.807, 2.05) is 12.1 Å². The molecule has 2 atom stereocenters. The topological polar surface area (TPSA) is 35.2 Å². The number of ether oxygens (including phenoxy) is 1. The maximum absolute atomic E-state index is 6.17. The molecule has 1 aliphatic carbocycles. The highest BCUT2D eigenvalue weighted by Crippen LogP contribution is 2.36. The van der Waals surface area contributed by atoms with E-state index in [9.17, 15) is 0 Å². The predicted octanol–water partition coefficient (Wildman–Crippen LogP) is 2.12. The van der Waals surface area contributed by atoms with Crippen LogP contribution in [0.3, 0.4) is 0 Å². The van der Waals surface area contributed by atoms with Crippen LogP contribution in [0.15, 0.2) is 24.3 Å². The molecule has 1 saturated carbocycles. The second-order valence-electron chi connectivity index (χ2n) is 4.81.